The summed E-state index contributed by atoms with van der Waals surface area (Å²) in [5.74, 6) is -0.0414. The van der Waals surface area contributed by atoms with Gasteiger partial charge in [-0.2, -0.15) is 5.26 Å². The fourth-order valence-electron chi connectivity index (χ4n) is 3.44. The van der Waals surface area contributed by atoms with Crippen LogP contribution >= 0.6 is 0 Å². The molecule has 0 bridgehead atoms. The Bertz CT molecular complexity index is 1420. The standard InChI is InChI=1S/C27H19N3O4/c28-17-21(27(31)29-22-7-2-1-3-8-22)16-25-24-9-5-4-6-20(24)12-15-26(25)34-18-19-10-13-23(14-11-19)30(32)33/h1-16H,18H2,(H,29,31)/b21-16-. The molecule has 4 aromatic rings. The van der Waals surface area contributed by atoms with Crippen LogP contribution in [0.15, 0.2) is 96.6 Å². The largest absolute Gasteiger partial charge is 0.488 e. The van der Waals surface area contributed by atoms with E-state index in [4.69, 9.17) is 4.74 Å². The number of fused-ring (bicyclic) bond motifs is 1. The van der Waals surface area contributed by atoms with E-state index in [9.17, 15) is 20.2 Å². The van der Waals surface area contributed by atoms with Gasteiger partial charge in [-0.1, -0.05) is 48.5 Å². The van der Waals surface area contributed by atoms with Gasteiger partial charge in [0.15, 0.2) is 0 Å². The molecule has 0 saturated heterocycles. The molecule has 0 heterocycles. The predicted octanol–water partition coefficient (Wildman–Crippen LogP) is 5.87. The van der Waals surface area contributed by atoms with Crippen molar-refractivity contribution in [1.29, 1.82) is 5.26 Å². The van der Waals surface area contributed by atoms with Gasteiger partial charge in [0.1, 0.15) is 24.0 Å². The number of carbonyl (C=O) groups excluding carboxylic acids is 1. The average molecular weight is 449 g/mol. The maximum absolute atomic E-state index is 12.8. The molecule has 0 saturated carbocycles. The number of benzene rings is 4. The second-order valence-electron chi connectivity index (χ2n) is 7.40. The molecule has 0 fully saturated rings. The van der Waals surface area contributed by atoms with Gasteiger partial charge in [0.05, 0.1) is 4.92 Å². The van der Waals surface area contributed by atoms with E-state index in [-0.39, 0.29) is 17.9 Å². The van der Waals surface area contributed by atoms with Crippen molar-refractivity contribution >= 4 is 34.1 Å². The minimum Gasteiger partial charge on any atom is -0.488 e. The quantitative estimate of drug-likeness (QED) is 0.164. The van der Waals surface area contributed by atoms with E-state index in [0.717, 1.165) is 16.3 Å². The minimum absolute atomic E-state index is 0.00108. The molecule has 0 spiro atoms. The highest BCUT2D eigenvalue weighted by Gasteiger charge is 2.14. The van der Waals surface area contributed by atoms with Crippen LogP contribution < -0.4 is 10.1 Å². The predicted molar refractivity (Wildman–Crippen MR) is 130 cm³/mol. The number of hydrogen-bond acceptors (Lipinski definition) is 5. The van der Waals surface area contributed by atoms with Crippen molar-refractivity contribution in [2.45, 2.75) is 6.61 Å². The molecule has 0 radical (unpaired) electrons. The first-order valence-corrected chi connectivity index (χ1v) is 10.4. The number of nitro groups is 1. The summed E-state index contributed by atoms with van der Waals surface area (Å²) in [4.78, 5) is 23.2. The van der Waals surface area contributed by atoms with Crippen molar-refractivity contribution in [3.8, 4) is 11.8 Å². The number of nitro benzene ring substituents is 1. The highest BCUT2D eigenvalue weighted by atomic mass is 16.6. The fraction of sp³-hybridized carbons (Fsp3) is 0.0370. The zero-order chi connectivity index (χ0) is 23.9. The van der Waals surface area contributed by atoms with Crippen LogP contribution in [-0.4, -0.2) is 10.8 Å². The number of non-ortho nitro benzene ring substituents is 1. The maximum Gasteiger partial charge on any atom is 0.269 e. The van der Waals surface area contributed by atoms with E-state index in [1.54, 1.807) is 42.5 Å². The van der Waals surface area contributed by atoms with E-state index in [1.165, 1.54) is 18.2 Å². The molecule has 7 nitrogen and oxygen atoms in total. The molecule has 1 N–H and O–H groups in total. The number of para-hydroxylation sites is 1. The number of amides is 1. The number of anilines is 1. The van der Waals surface area contributed by atoms with Crippen LogP contribution in [0.1, 0.15) is 11.1 Å². The van der Waals surface area contributed by atoms with Gasteiger partial charge in [0.25, 0.3) is 11.6 Å². The Labute approximate surface area is 195 Å². The van der Waals surface area contributed by atoms with Crippen molar-refractivity contribution in [2.75, 3.05) is 5.32 Å². The van der Waals surface area contributed by atoms with Gasteiger partial charge in [0, 0.05) is 23.4 Å². The number of rotatable bonds is 7. The van der Waals surface area contributed by atoms with Crippen molar-refractivity contribution in [3.05, 3.63) is 118 Å². The van der Waals surface area contributed by atoms with Gasteiger partial charge < -0.3 is 10.1 Å². The van der Waals surface area contributed by atoms with Gasteiger partial charge in [0.2, 0.25) is 0 Å². The zero-order valence-corrected chi connectivity index (χ0v) is 18.0. The van der Waals surface area contributed by atoms with Crippen LogP contribution in [0.2, 0.25) is 0 Å². The third-order valence-corrected chi connectivity index (χ3v) is 5.16. The number of ether oxygens (including phenoxy) is 1. The van der Waals surface area contributed by atoms with E-state index in [2.05, 4.69) is 5.32 Å². The van der Waals surface area contributed by atoms with Gasteiger partial charge in [-0.25, -0.2) is 0 Å². The van der Waals surface area contributed by atoms with Gasteiger partial charge in [-0.05, 0) is 52.7 Å². The number of nitriles is 1. The van der Waals surface area contributed by atoms with Crippen LogP contribution in [0.25, 0.3) is 16.8 Å². The Morgan fingerprint density at radius 2 is 1.68 bits per heavy atom. The van der Waals surface area contributed by atoms with Gasteiger partial charge in [-0.3, -0.25) is 14.9 Å². The Hall–Kier alpha value is -4.96. The van der Waals surface area contributed by atoms with Crippen molar-refractivity contribution < 1.29 is 14.5 Å². The summed E-state index contributed by atoms with van der Waals surface area (Å²) in [6, 6.07) is 28.3. The molecule has 0 unspecified atom stereocenters. The minimum atomic E-state index is -0.525. The Kier molecular flexibility index (Phi) is 6.61. The monoisotopic (exact) mass is 449 g/mol. The van der Waals surface area contributed by atoms with Crippen LogP contribution in [-0.2, 0) is 11.4 Å². The maximum atomic E-state index is 12.8. The molecule has 1 amide bonds. The number of carbonyl (C=O) groups is 1. The van der Waals surface area contributed by atoms with E-state index >= 15 is 0 Å². The van der Waals surface area contributed by atoms with Crippen molar-refractivity contribution in [1.82, 2.24) is 0 Å². The summed E-state index contributed by atoms with van der Waals surface area (Å²) < 4.78 is 6.02. The fourth-order valence-corrected chi connectivity index (χ4v) is 3.44. The summed E-state index contributed by atoms with van der Waals surface area (Å²) >= 11 is 0. The lowest BCUT2D eigenvalue weighted by Crippen LogP contribution is -2.13. The molecule has 34 heavy (non-hydrogen) atoms. The van der Waals surface area contributed by atoms with E-state index < -0.39 is 10.8 Å². The third kappa shape index (κ3) is 5.09. The zero-order valence-electron chi connectivity index (χ0n) is 18.0. The molecule has 166 valence electrons. The molecule has 0 atom stereocenters. The summed E-state index contributed by atoms with van der Waals surface area (Å²) in [7, 11) is 0. The van der Waals surface area contributed by atoms with Gasteiger partial charge >= 0.3 is 0 Å². The lowest BCUT2D eigenvalue weighted by atomic mass is 10.0. The molecular formula is C27H19N3O4. The second kappa shape index (κ2) is 10.1. The van der Waals surface area contributed by atoms with Crippen molar-refractivity contribution in [3.63, 3.8) is 0 Å². The SMILES string of the molecule is N#C/C(=C/c1c(OCc2ccc([N+](=O)[O-])cc2)ccc2ccccc12)C(=O)Nc1ccccc1. The summed E-state index contributed by atoms with van der Waals surface area (Å²) in [5, 5.41) is 25.1. The molecule has 0 aliphatic heterocycles. The lowest BCUT2D eigenvalue weighted by molar-refractivity contribution is -0.384. The van der Waals surface area contributed by atoms with Crippen LogP contribution in [0.4, 0.5) is 11.4 Å². The first kappa shape index (κ1) is 22.2. The number of hydrogen-bond donors (Lipinski definition) is 1. The normalized spacial score (nSPS) is 11.0. The van der Waals surface area contributed by atoms with Crippen LogP contribution in [0.5, 0.6) is 5.75 Å². The molecule has 4 rings (SSSR count). The summed E-state index contributed by atoms with van der Waals surface area (Å²) in [6.45, 7) is 0.162. The summed E-state index contributed by atoms with van der Waals surface area (Å²) in [6.07, 6.45) is 1.52. The molecule has 7 heteroatoms. The lowest BCUT2D eigenvalue weighted by Gasteiger charge is -2.13. The molecule has 4 aromatic carbocycles. The highest BCUT2D eigenvalue weighted by molar-refractivity contribution is 6.11. The van der Waals surface area contributed by atoms with Gasteiger partial charge in [-0.15, -0.1) is 0 Å². The first-order valence-electron chi connectivity index (χ1n) is 10.4. The number of nitrogens with zero attached hydrogens (tertiary/aromatic N) is 2. The number of nitrogens with one attached hydrogen (secondary N) is 1. The summed E-state index contributed by atoms with van der Waals surface area (Å²) in [5.41, 5.74) is 1.86. The van der Waals surface area contributed by atoms with Crippen LogP contribution in [0, 0.1) is 21.4 Å². The molecular weight excluding hydrogens is 430 g/mol. The van der Waals surface area contributed by atoms with E-state index in [1.807, 2.05) is 42.5 Å². The Balaban J connectivity index is 1.67. The molecule has 0 aliphatic rings. The Morgan fingerprint density at radius 1 is 0.971 bits per heavy atom. The average Bonchev–Trinajstić information content (AvgIpc) is 2.87. The molecule has 0 aliphatic carbocycles. The Morgan fingerprint density at radius 3 is 2.38 bits per heavy atom. The smallest absolute Gasteiger partial charge is 0.269 e. The highest BCUT2D eigenvalue weighted by Crippen LogP contribution is 2.31. The van der Waals surface area contributed by atoms with Crippen LogP contribution in [0.3, 0.4) is 0 Å². The van der Waals surface area contributed by atoms with Crippen molar-refractivity contribution in [2.24, 2.45) is 0 Å². The first-order chi connectivity index (χ1) is 16.5. The van der Waals surface area contributed by atoms with E-state index in [0.29, 0.717) is 17.0 Å². The molecule has 0 aromatic heterocycles. The topological polar surface area (TPSA) is 105 Å². The second-order valence-corrected chi connectivity index (χ2v) is 7.40. The third-order valence-electron chi connectivity index (χ3n) is 5.16.